The summed E-state index contributed by atoms with van der Waals surface area (Å²) in [7, 11) is 2.03. The van der Waals surface area contributed by atoms with Crippen LogP contribution in [-0.2, 0) is 4.74 Å². The second-order valence-electron chi connectivity index (χ2n) is 14.2. The van der Waals surface area contributed by atoms with Gasteiger partial charge in [-0.3, -0.25) is 0 Å². The van der Waals surface area contributed by atoms with Crippen molar-refractivity contribution in [2.45, 2.75) is 112 Å². The standard InChI is InChI=1S/C31H52O/c1-9-28(5,20(2)3)15-12-21(4)24-10-11-25-23-18-27(32-8)31-19-22(31)13-17-30(31,7)26(23)14-16-29(24,25)6/h12,15,20-27H,9-11,13-14,16-19H2,1-8H3/b15-12+/t21-,22+,23+,24-,25+,26+,27-,28+,29-,30-,31-/m1/s1. The fourth-order valence-electron chi connectivity index (χ4n) is 10.7. The highest BCUT2D eigenvalue weighted by atomic mass is 16.5. The zero-order valence-electron chi connectivity index (χ0n) is 22.5. The summed E-state index contributed by atoms with van der Waals surface area (Å²) in [6.07, 6.45) is 18.7. The molecule has 0 radical (unpaired) electrons. The van der Waals surface area contributed by atoms with Crippen LogP contribution in [0.25, 0.3) is 0 Å². The lowest BCUT2D eigenvalue weighted by Crippen LogP contribution is -2.57. The Hall–Kier alpha value is -0.300. The average molecular weight is 441 g/mol. The van der Waals surface area contributed by atoms with Crippen molar-refractivity contribution >= 4 is 0 Å². The van der Waals surface area contributed by atoms with Gasteiger partial charge in [0.2, 0.25) is 0 Å². The lowest BCUT2D eigenvalue weighted by Gasteiger charge is -2.61. The first-order chi connectivity index (χ1) is 15.1. The van der Waals surface area contributed by atoms with Crippen LogP contribution in [0.4, 0.5) is 0 Å². The molecule has 32 heavy (non-hydrogen) atoms. The van der Waals surface area contributed by atoms with E-state index in [1.807, 2.05) is 7.11 Å². The first kappa shape index (κ1) is 23.4. The number of allylic oxidation sites excluding steroid dienone is 2. The van der Waals surface area contributed by atoms with Gasteiger partial charge in [0.15, 0.2) is 0 Å². The molecule has 1 nitrogen and oxygen atoms in total. The smallest absolute Gasteiger partial charge is 0.0638 e. The predicted molar refractivity (Wildman–Crippen MR) is 135 cm³/mol. The Labute approximate surface area is 199 Å². The minimum absolute atomic E-state index is 0.339. The first-order valence-corrected chi connectivity index (χ1v) is 14.3. The van der Waals surface area contributed by atoms with Gasteiger partial charge in [0.05, 0.1) is 6.10 Å². The molecule has 5 aliphatic rings. The number of hydrogen-bond acceptors (Lipinski definition) is 1. The number of ether oxygens (including phenoxy) is 1. The lowest BCUT2D eigenvalue weighted by molar-refractivity contribution is -0.160. The Balaban J connectivity index is 1.38. The molecule has 1 heteroatoms. The van der Waals surface area contributed by atoms with Crippen molar-refractivity contribution in [2.75, 3.05) is 7.11 Å². The monoisotopic (exact) mass is 440 g/mol. The number of hydrogen-bond donors (Lipinski definition) is 0. The zero-order valence-corrected chi connectivity index (χ0v) is 22.5. The van der Waals surface area contributed by atoms with E-state index in [1.54, 1.807) is 0 Å². The van der Waals surface area contributed by atoms with Crippen LogP contribution in [0.5, 0.6) is 0 Å². The summed E-state index contributed by atoms with van der Waals surface area (Å²) in [4.78, 5) is 0. The third-order valence-electron chi connectivity index (χ3n) is 13.4. The van der Waals surface area contributed by atoms with Gasteiger partial charge >= 0.3 is 0 Å². The van der Waals surface area contributed by atoms with Crippen molar-refractivity contribution < 1.29 is 4.74 Å². The molecule has 0 aromatic rings. The van der Waals surface area contributed by atoms with Crippen molar-refractivity contribution in [1.82, 2.24) is 0 Å². The van der Waals surface area contributed by atoms with E-state index in [9.17, 15) is 0 Å². The number of methoxy groups -OCH3 is 1. The second-order valence-corrected chi connectivity index (χ2v) is 14.2. The third kappa shape index (κ3) is 2.91. The van der Waals surface area contributed by atoms with Crippen LogP contribution in [0.1, 0.15) is 106 Å². The highest BCUT2D eigenvalue weighted by Gasteiger charge is 2.77. The number of fused-ring (bicyclic) bond motifs is 4. The summed E-state index contributed by atoms with van der Waals surface area (Å²) in [6, 6.07) is 0. The van der Waals surface area contributed by atoms with Gasteiger partial charge in [-0.15, -0.1) is 0 Å². The van der Waals surface area contributed by atoms with E-state index < -0.39 is 0 Å². The Morgan fingerprint density at radius 2 is 1.78 bits per heavy atom. The van der Waals surface area contributed by atoms with Crippen molar-refractivity contribution in [3.63, 3.8) is 0 Å². The molecule has 5 fully saturated rings. The molecule has 0 aliphatic heterocycles. The van der Waals surface area contributed by atoms with Crippen molar-refractivity contribution in [1.29, 1.82) is 0 Å². The van der Waals surface area contributed by atoms with E-state index in [0.717, 1.165) is 29.6 Å². The van der Waals surface area contributed by atoms with Crippen LogP contribution in [0, 0.1) is 63.1 Å². The quantitative estimate of drug-likeness (QED) is 0.376. The van der Waals surface area contributed by atoms with Gasteiger partial charge < -0.3 is 4.74 Å². The maximum absolute atomic E-state index is 6.32. The summed E-state index contributed by atoms with van der Waals surface area (Å²) >= 11 is 0. The summed E-state index contributed by atoms with van der Waals surface area (Å²) < 4.78 is 6.32. The highest BCUT2D eigenvalue weighted by molar-refractivity contribution is 5.26. The third-order valence-corrected chi connectivity index (χ3v) is 13.4. The molecule has 0 saturated heterocycles. The van der Waals surface area contributed by atoms with Gasteiger partial charge in [0, 0.05) is 12.5 Å². The average Bonchev–Trinajstić information content (AvgIpc) is 3.27. The van der Waals surface area contributed by atoms with Crippen molar-refractivity contribution in [3.8, 4) is 0 Å². The molecule has 0 unspecified atom stereocenters. The van der Waals surface area contributed by atoms with E-state index in [0.29, 0.717) is 39.6 Å². The Kier molecular flexibility index (Phi) is 5.57. The summed E-state index contributed by atoms with van der Waals surface area (Å²) in [6.45, 7) is 17.6. The molecule has 5 rings (SSSR count). The normalized spacial score (nSPS) is 52.3. The van der Waals surface area contributed by atoms with Gasteiger partial charge in [-0.2, -0.15) is 0 Å². The van der Waals surface area contributed by atoms with Crippen LogP contribution in [0.2, 0.25) is 0 Å². The molecule has 11 atom stereocenters. The molecular formula is C31H52O. The second kappa shape index (κ2) is 7.60. The van der Waals surface area contributed by atoms with Crippen molar-refractivity contribution in [3.05, 3.63) is 12.2 Å². The van der Waals surface area contributed by atoms with Crippen LogP contribution in [0.15, 0.2) is 12.2 Å². The summed E-state index contributed by atoms with van der Waals surface area (Å²) in [5, 5.41) is 0. The van der Waals surface area contributed by atoms with Crippen LogP contribution in [-0.4, -0.2) is 13.2 Å². The van der Waals surface area contributed by atoms with E-state index >= 15 is 0 Å². The summed E-state index contributed by atoms with van der Waals surface area (Å²) in [5.41, 5.74) is 2.00. The maximum atomic E-state index is 6.32. The van der Waals surface area contributed by atoms with Gasteiger partial charge in [-0.25, -0.2) is 0 Å². The Morgan fingerprint density at radius 1 is 1.03 bits per heavy atom. The highest BCUT2D eigenvalue weighted by Crippen LogP contribution is 2.82. The lowest BCUT2D eigenvalue weighted by atomic mass is 9.45. The largest absolute Gasteiger partial charge is 0.381 e. The molecule has 1 spiro atoms. The fraction of sp³-hybridized carbons (Fsp3) is 0.935. The van der Waals surface area contributed by atoms with Crippen LogP contribution in [0.3, 0.4) is 0 Å². The van der Waals surface area contributed by atoms with Gasteiger partial charge in [0.25, 0.3) is 0 Å². The van der Waals surface area contributed by atoms with E-state index in [1.165, 1.54) is 57.8 Å². The topological polar surface area (TPSA) is 9.23 Å². The molecule has 182 valence electrons. The van der Waals surface area contributed by atoms with Gasteiger partial charge in [0.1, 0.15) is 0 Å². The Morgan fingerprint density at radius 3 is 2.41 bits per heavy atom. The molecule has 0 aromatic heterocycles. The SMILES string of the molecule is CC[C@@](C)(/C=C/[C@@H](C)[C@H]1CC[C@H]2[C@@H]3C[C@@H](OC)[C@@]45C[C@@H]4CC[C@]5(C)[C@H]3CC[C@]12C)C(C)C. The minimum atomic E-state index is 0.339. The first-order valence-electron chi connectivity index (χ1n) is 14.3. The van der Waals surface area contributed by atoms with Gasteiger partial charge in [-0.1, -0.05) is 60.6 Å². The van der Waals surface area contributed by atoms with Crippen LogP contribution >= 0.6 is 0 Å². The summed E-state index contributed by atoms with van der Waals surface area (Å²) in [5.74, 6) is 6.06. The van der Waals surface area contributed by atoms with E-state index in [4.69, 9.17) is 4.74 Å². The van der Waals surface area contributed by atoms with Crippen molar-refractivity contribution in [2.24, 2.45) is 63.1 Å². The molecule has 5 aliphatic carbocycles. The van der Waals surface area contributed by atoms with Crippen LogP contribution < -0.4 is 0 Å². The molecule has 0 N–H and O–H groups in total. The Bertz CT molecular complexity index is 754. The number of rotatable bonds is 6. The molecule has 0 aromatic carbocycles. The molecule has 0 bridgehead atoms. The zero-order chi connectivity index (χ0) is 23.1. The maximum Gasteiger partial charge on any atom is 0.0638 e. The predicted octanol–water partition coefficient (Wildman–Crippen LogP) is 8.53. The molecule has 0 amide bonds. The fourth-order valence-corrected chi connectivity index (χ4v) is 10.7. The van der Waals surface area contributed by atoms with E-state index in [2.05, 4.69) is 60.6 Å². The van der Waals surface area contributed by atoms with Gasteiger partial charge in [-0.05, 0) is 115 Å². The minimum Gasteiger partial charge on any atom is -0.381 e. The molecule has 5 saturated carbocycles. The molecule has 0 heterocycles. The molecular weight excluding hydrogens is 388 g/mol. The van der Waals surface area contributed by atoms with E-state index in [-0.39, 0.29) is 0 Å².